The molecule has 0 saturated carbocycles. The molecular formula is C15H22N2O5S. The lowest BCUT2D eigenvalue weighted by Gasteiger charge is -2.10. The lowest BCUT2D eigenvalue weighted by molar-refractivity contribution is -0.137. The molecule has 0 bridgehead atoms. The molecule has 1 aromatic rings. The molecule has 0 aliphatic rings. The first-order chi connectivity index (χ1) is 10.8. The number of nitrogens with one attached hydrogen (secondary N) is 2. The third kappa shape index (κ3) is 5.99. The molecule has 0 heterocycles. The van der Waals surface area contributed by atoms with Crippen molar-refractivity contribution in [2.75, 3.05) is 13.1 Å². The Kier molecular flexibility index (Phi) is 7.18. The van der Waals surface area contributed by atoms with Gasteiger partial charge in [-0.15, -0.1) is 0 Å². The van der Waals surface area contributed by atoms with Gasteiger partial charge in [0.15, 0.2) is 0 Å². The SMILES string of the molecule is CCNS(=O)(=O)c1ccc(C)c(C(=O)NCCCCC(=O)O)c1. The van der Waals surface area contributed by atoms with Gasteiger partial charge in [0.05, 0.1) is 4.90 Å². The second-order valence-corrected chi connectivity index (χ2v) is 6.85. The molecular weight excluding hydrogens is 320 g/mol. The van der Waals surface area contributed by atoms with Crippen LogP contribution in [0, 0.1) is 6.92 Å². The minimum Gasteiger partial charge on any atom is -0.481 e. The number of hydrogen-bond donors (Lipinski definition) is 3. The van der Waals surface area contributed by atoms with Crippen molar-refractivity contribution in [1.82, 2.24) is 10.0 Å². The highest BCUT2D eigenvalue weighted by atomic mass is 32.2. The fourth-order valence-corrected chi connectivity index (χ4v) is 3.05. The Balaban J connectivity index is 2.75. The van der Waals surface area contributed by atoms with Gasteiger partial charge in [-0.25, -0.2) is 13.1 Å². The fraction of sp³-hybridized carbons (Fsp3) is 0.467. The van der Waals surface area contributed by atoms with Crippen LogP contribution in [0.3, 0.4) is 0 Å². The van der Waals surface area contributed by atoms with Gasteiger partial charge in [0, 0.05) is 25.1 Å². The Morgan fingerprint density at radius 2 is 1.91 bits per heavy atom. The van der Waals surface area contributed by atoms with Crippen LogP contribution in [0.15, 0.2) is 23.1 Å². The van der Waals surface area contributed by atoms with Crippen LogP contribution in [0.2, 0.25) is 0 Å². The number of carboxylic acid groups (broad SMARTS) is 1. The van der Waals surface area contributed by atoms with E-state index in [1.165, 1.54) is 12.1 Å². The Hall–Kier alpha value is -1.93. The van der Waals surface area contributed by atoms with Gasteiger partial charge in [-0.2, -0.15) is 0 Å². The summed E-state index contributed by atoms with van der Waals surface area (Å²) in [4.78, 5) is 22.6. The highest BCUT2D eigenvalue weighted by molar-refractivity contribution is 7.89. The first-order valence-corrected chi connectivity index (χ1v) is 8.86. The number of carbonyl (C=O) groups excluding carboxylic acids is 1. The highest BCUT2D eigenvalue weighted by Crippen LogP contribution is 2.15. The average Bonchev–Trinajstić information content (AvgIpc) is 2.46. The Morgan fingerprint density at radius 1 is 1.22 bits per heavy atom. The summed E-state index contributed by atoms with van der Waals surface area (Å²) in [6.45, 7) is 4.01. The smallest absolute Gasteiger partial charge is 0.303 e. The summed E-state index contributed by atoms with van der Waals surface area (Å²) in [5, 5.41) is 11.2. The van der Waals surface area contributed by atoms with Gasteiger partial charge < -0.3 is 10.4 Å². The van der Waals surface area contributed by atoms with E-state index >= 15 is 0 Å². The first-order valence-electron chi connectivity index (χ1n) is 7.38. The zero-order valence-corrected chi connectivity index (χ0v) is 14.1. The number of unbranched alkanes of at least 4 members (excludes halogenated alkanes) is 1. The lowest BCUT2D eigenvalue weighted by atomic mass is 10.1. The molecule has 0 atom stereocenters. The van der Waals surface area contributed by atoms with Crippen LogP contribution < -0.4 is 10.0 Å². The van der Waals surface area contributed by atoms with Crippen LogP contribution in [0.5, 0.6) is 0 Å². The molecule has 1 aromatic carbocycles. The van der Waals surface area contributed by atoms with E-state index in [0.717, 1.165) is 0 Å². The molecule has 8 heteroatoms. The van der Waals surface area contributed by atoms with Crippen molar-refractivity contribution >= 4 is 21.9 Å². The summed E-state index contributed by atoms with van der Waals surface area (Å²) in [6.07, 6.45) is 1.08. The number of carboxylic acids is 1. The molecule has 0 fully saturated rings. The van der Waals surface area contributed by atoms with Gasteiger partial charge in [0.1, 0.15) is 0 Å². The van der Waals surface area contributed by atoms with Crippen LogP contribution in [-0.4, -0.2) is 38.5 Å². The molecule has 0 saturated heterocycles. The zero-order valence-electron chi connectivity index (χ0n) is 13.3. The number of sulfonamides is 1. The first kappa shape index (κ1) is 19.1. The topological polar surface area (TPSA) is 113 Å². The Labute approximate surface area is 136 Å². The van der Waals surface area contributed by atoms with Gasteiger partial charge in [-0.3, -0.25) is 9.59 Å². The standard InChI is InChI=1S/C15H22N2O5S/c1-3-17-23(21,22)12-8-7-11(2)13(10-12)15(20)16-9-5-4-6-14(18)19/h7-8,10,17H,3-6,9H2,1-2H3,(H,16,20)(H,18,19). The molecule has 1 amide bonds. The van der Waals surface area contributed by atoms with Crippen molar-refractivity contribution in [2.24, 2.45) is 0 Å². The van der Waals surface area contributed by atoms with E-state index in [0.29, 0.717) is 30.5 Å². The van der Waals surface area contributed by atoms with Crippen molar-refractivity contribution < 1.29 is 23.1 Å². The van der Waals surface area contributed by atoms with Gasteiger partial charge in [0.25, 0.3) is 5.91 Å². The van der Waals surface area contributed by atoms with Crippen molar-refractivity contribution in [1.29, 1.82) is 0 Å². The van der Waals surface area contributed by atoms with Crippen LogP contribution in [0.25, 0.3) is 0 Å². The normalized spacial score (nSPS) is 11.2. The lowest BCUT2D eigenvalue weighted by Crippen LogP contribution is -2.27. The summed E-state index contributed by atoms with van der Waals surface area (Å²) in [5.74, 6) is -1.24. The number of hydrogen-bond acceptors (Lipinski definition) is 4. The molecule has 0 aliphatic carbocycles. The maximum Gasteiger partial charge on any atom is 0.303 e. The van der Waals surface area contributed by atoms with Crippen LogP contribution in [-0.2, 0) is 14.8 Å². The van der Waals surface area contributed by atoms with Crippen molar-refractivity contribution in [3.05, 3.63) is 29.3 Å². The maximum atomic E-state index is 12.2. The van der Waals surface area contributed by atoms with Crippen LogP contribution in [0.1, 0.15) is 42.1 Å². The predicted molar refractivity (Wildman–Crippen MR) is 85.9 cm³/mol. The maximum absolute atomic E-state index is 12.2. The minimum absolute atomic E-state index is 0.0426. The van der Waals surface area contributed by atoms with Gasteiger partial charge in [-0.1, -0.05) is 13.0 Å². The third-order valence-electron chi connectivity index (χ3n) is 3.20. The Bertz CT molecular complexity index is 670. The fourth-order valence-electron chi connectivity index (χ4n) is 1.98. The summed E-state index contributed by atoms with van der Waals surface area (Å²) in [6, 6.07) is 4.39. The van der Waals surface area contributed by atoms with Crippen molar-refractivity contribution in [3.8, 4) is 0 Å². The Morgan fingerprint density at radius 3 is 2.52 bits per heavy atom. The molecule has 0 aliphatic heterocycles. The molecule has 23 heavy (non-hydrogen) atoms. The largest absolute Gasteiger partial charge is 0.481 e. The van der Waals surface area contributed by atoms with E-state index in [-0.39, 0.29) is 23.8 Å². The number of carbonyl (C=O) groups is 2. The van der Waals surface area contributed by atoms with E-state index in [1.807, 2.05) is 0 Å². The highest BCUT2D eigenvalue weighted by Gasteiger charge is 2.17. The molecule has 1 rings (SSSR count). The van der Waals surface area contributed by atoms with Crippen molar-refractivity contribution in [3.63, 3.8) is 0 Å². The number of aryl methyl sites for hydroxylation is 1. The monoisotopic (exact) mass is 342 g/mol. The minimum atomic E-state index is -3.62. The summed E-state index contributed by atoms with van der Waals surface area (Å²) in [7, 11) is -3.62. The van der Waals surface area contributed by atoms with Gasteiger partial charge in [0.2, 0.25) is 10.0 Å². The summed E-state index contributed by atoms with van der Waals surface area (Å²) < 4.78 is 26.3. The van der Waals surface area contributed by atoms with Gasteiger partial charge >= 0.3 is 5.97 Å². The van der Waals surface area contributed by atoms with E-state index in [2.05, 4.69) is 10.0 Å². The average molecular weight is 342 g/mol. The molecule has 0 radical (unpaired) electrons. The quantitative estimate of drug-likeness (QED) is 0.585. The van der Waals surface area contributed by atoms with E-state index in [9.17, 15) is 18.0 Å². The number of amides is 1. The van der Waals surface area contributed by atoms with E-state index < -0.39 is 16.0 Å². The van der Waals surface area contributed by atoms with Crippen LogP contribution in [0.4, 0.5) is 0 Å². The molecule has 0 spiro atoms. The molecule has 7 nitrogen and oxygen atoms in total. The number of benzene rings is 1. The van der Waals surface area contributed by atoms with Gasteiger partial charge in [-0.05, 0) is 37.5 Å². The van der Waals surface area contributed by atoms with Crippen molar-refractivity contribution in [2.45, 2.75) is 38.0 Å². The van der Waals surface area contributed by atoms with E-state index in [4.69, 9.17) is 5.11 Å². The summed E-state index contributed by atoms with van der Waals surface area (Å²) in [5.41, 5.74) is 0.964. The second-order valence-electron chi connectivity index (χ2n) is 5.08. The third-order valence-corrected chi connectivity index (χ3v) is 4.74. The zero-order chi connectivity index (χ0) is 17.5. The molecule has 0 aromatic heterocycles. The number of rotatable bonds is 9. The molecule has 128 valence electrons. The summed E-state index contributed by atoms with van der Waals surface area (Å²) >= 11 is 0. The van der Waals surface area contributed by atoms with E-state index in [1.54, 1.807) is 19.9 Å². The molecule has 0 unspecified atom stereocenters. The predicted octanol–water partition coefficient (Wildman–Crippen LogP) is 1.28. The molecule has 3 N–H and O–H groups in total. The number of aliphatic carboxylic acids is 1. The van der Waals surface area contributed by atoms with Crippen LogP contribution >= 0.6 is 0 Å². The second kappa shape index (κ2) is 8.64.